The van der Waals surface area contributed by atoms with Crippen LogP contribution in [0.5, 0.6) is 5.75 Å². The van der Waals surface area contributed by atoms with Crippen molar-refractivity contribution in [2.24, 2.45) is 11.8 Å². The first kappa shape index (κ1) is 19.3. The zero-order valence-electron chi connectivity index (χ0n) is 14.4. The number of halogens is 2. The van der Waals surface area contributed by atoms with Crippen LogP contribution in [-0.4, -0.2) is 14.1 Å². The summed E-state index contributed by atoms with van der Waals surface area (Å²) in [5.41, 5.74) is 3.01. The fraction of sp³-hybridized carbons (Fsp3) is 0.579. The topological polar surface area (TPSA) is 29.5 Å². The van der Waals surface area contributed by atoms with Crippen molar-refractivity contribution in [2.75, 3.05) is 7.11 Å². The zero-order chi connectivity index (χ0) is 17.0. The Labute approximate surface area is 164 Å². The van der Waals surface area contributed by atoms with Crippen molar-refractivity contribution in [3.63, 3.8) is 0 Å². The second-order valence-electron chi connectivity index (χ2n) is 6.30. The maximum atomic E-state index is 9.20. The van der Waals surface area contributed by atoms with Gasteiger partial charge < -0.3 is 0 Å². The maximum absolute atomic E-state index is 9.20. The molecule has 4 heteroatoms. The van der Waals surface area contributed by atoms with Gasteiger partial charge in [-0.3, -0.25) is 0 Å². The summed E-state index contributed by atoms with van der Waals surface area (Å²) >= 11 is 2.53. The molecule has 0 bridgehead atoms. The quantitative estimate of drug-likeness (QED) is 0.341. The van der Waals surface area contributed by atoms with E-state index in [1.165, 1.54) is 33.8 Å². The molecule has 1 aromatic carbocycles. The van der Waals surface area contributed by atoms with Crippen molar-refractivity contribution < 1.29 is 31.0 Å². The molecule has 1 aliphatic carbocycles. The van der Waals surface area contributed by atoms with Gasteiger partial charge in [0.2, 0.25) is 0 Å². The van der Waals surface area contributed by atoms with Crippen LogP contribution >= 0.6 is 22.6 Å². The van der Waals surface area contributed by atoms with E-state index in [9.17, 15) is 5.11 Å². The first-order chi connectivity index (χ1) is 11.0. The van der Waals surface area contributed by atoms with Gasteiger partial charge in [0.05, 0.1) is 0 Å². The summed E-state index contributed by atoms with van der Waals surface area (Å²) in [4.78, 5) is 0. The summed E-state index contributed by atoms with van der Waals surface area (Å²) in [6, 6.07) is 6.63. The molecular weight excluding hydrogens is 514 g/mol. The van der Waals surface area contributed by atoms with Crippen molar-refractivity contribution >= 4 is 22.6 Å². The first-order valence-electron chi connectivity index (χ1n) is 8.27. The van der Waals surface area contributed by atoms with Crippen molar-refractivity contribution in [1.82, 2.24) is 0 Å². The minimum absolute atomic E-state index is 0.0912. The van der Waals surface area contributed by atoms with Gasteiger partial charge in [-0.25, -0.2) is 0 Å². The number of methoxy groups -OCH3 is 1. The van der Waals surface area contributed by atoms with Crippen molar-refractivity contribution in [1.29, 1.82) is 0 Å². The van der Waals surface area contributed by atoms with Crippen LogP contribution < -0.4 is 25.9 Å². The molecule has 0 aromatic heterocycles. The normalized spacial score (nSPS) is 24.1. The summed E-state index contributed by atoms with van der Waals surface area (Å²) in [5, 5.41) is 9.20. The van der Waals surface area contributed by atoms with E-state index in [-0.39, 0.29) is 21.2 Å². The van der Waals surface area contributed by atoms with E-state index in [1.54, 1.807) is 7.11 Å². The van der Waals surface area contributed by atoms with Gasteiger partial charge in [0, 0.05) is 0 Å². The minimum atomic E-state index is -0.0912. The fourth-order valence-corrected chi connectivity index (χ4v) is 8.90. The number of benzene rings is 1. The van der Waals surface area contributed by atoms with Crippen LogP contribution in [0.3, 0.4) is 0 Å². The van der Waals surface area contributed by atoms with Gasteiger partial charge in [-0.1, -0.05) is 0 Å². The Kier molecular flexibility index (Phi) is 7.51. The Hall–Kier alpha value is 0.0200. The average molecular weight is 541 g/mol. The molecule has 1 aromatic rings. The third-order valence-corrected chi connectivity index (χ3v) is 10.7. The van der Waals surface area contributed by atoms with Crippen LogP contribution in [-0.2, 0) is 6.42 Å². The summed E-state index contributed by atoms with van der Waals surface area (Å²) in [5.74, 6) is 3.07. The van der Waals surface area contributed by atoms with Crippen LogP contribution in [0.4, 0.5) is 0 Å². The van der Waals surface area contributed by atoms with Gasteiger partial charge in [-0.05, 0) is 0 Å². The van der Waals surface area contributed by atoms with Gasteiger partial charge in [0.25, 0.3) is 0 Å². The number of allylic oxidation sites excluding steroid dienone is 1. The van der Waals surface area contributed by atoms with Crippen LogP contribution in [0.15, 0.2) is 28.0 Å². The zero-order valence-corrected chi connectivity index (χ0v) is 18.7. The van der Waals surface area contributed by atoms with Crippen LogP contribution in [0.2, 0.25) is 0 Å². The first-order valence-corrected chi connectivity index (χ1v) is 11.8. The van der Waals surface area contributed by atoms with E-state index in [0.717, 1.165) is 18.1 Å². The molecule has 4 atom stereocenters. The molecule has 0 saturated heterocycles. The average Bonchev–Trinajstić information content (AvgIpc) is 2.59. The van der Waals surface area contributed by atoms with E-state index < -0.39 is 0 Å². The Morgan fingerprint density at radius 2 is 2.26 bits per heavy atom. The second-order valence-corrected chi connectivity index (χ2v) is 13.7. The Bertz CT molecular complexity index is 556. The molecule has 0 saturated carbocycles. The van der Waals surface area contributed by atoms with Gasteiger partial charge in [0.1, 0.15) is 0 Å². The van der Waals surface area contributed by atoms with E-state index in [1.807, 2.05) is 0 Å². The standard InChI is InChI=1S/C19H27I2O2/c1-5-16-17(13(3)19(20)21-12(2)11-22)8-6-14-10-15(23-4)7-9-18(14)16/h7,9-11,13,16-17,19,22H,5-6,8H2,1-4H3/q-1/b12-11-/t13?,16-,17-,19-/m0/s1. The van der Waals surface area contributed by atoms with Crippen molar-refractivity contribution in [3.05, 3.63) is 39.2 Å². The molecule has 0 aliphatic heterocycles. The predicted molar refractivity (Wildman–Crippen MR) is 101 cm³/mol. The third kappa shape index (κ3) is 4.55. The molecule has 1 N–H and O–H groups in total. The Morgan fingerprint density at radius 3 is 2.87 bits per heavy atom. The number of aliphatic hydroxyl groups is 1. The van der Waals surface area contributed by atoms with Gasteiger partial charge in [-0.2, -0.15) is 0 Å². The van der Waals surface area contributed by atoms with Gasteiger partial charge in [0.15, 0.2) is 0 Å². The van der Waals surface area contributed by atoms with Crippen LogP contribution in [0.1, 0.15) is 50.7 Å². The van der Waals surface area contributed by atoms with Gasteiger partial charge in [-0.15, -0.1) is 0 Å². The monoisotopic (exact) mass is 541 g/mol. The number of ether oxygens (including phenoxy) is 1. The number of aryl methyl sites for hydroxylation is 1. The van der Waals surface area contributed by atoms with E-state index >= 15 is 0 Å². The van der Waals surface area contributed by atoms with Crippen molar-refractivity contribution in [3.8, 4) is 5.75 Å². The summed E-state index contributed by atoms with van der Waals surface area (Å²) in [7, 11) is 1.74. The second kappa shape index (κ2) is 8.92. The Morgan fingerprint density at radius 1 is 1.52 bits per heavy atom. The fourth-order valence-electron chi connectivity index (χ4n) is 3.67. The SMILES string of the molecule is CC[C@@H]1c2ccc(OC)cc2CC[C@H]1C(C)[C@@H](I)[I-]/C(C)=C\O. The number of rotatable bonds is 6. The van der Waals surface area contributed by atoms with Crippen LogP contribution in [0.25, 0.3) is 0 Å². The predicted octanol–water partition coefficient (Wildman–Crippen LogP) is 2.66. The number of hydrogen-bond donors (Lipinski definition) is 1. The molecular formula is C19H27I2O2-. The Balaban J connectivity index is 2.20. The number of alkyl halides is 2. The molecule has 1 aliphatic rings. The van der Waals surface area contributed by atoms with E-state index in [4.69, 9.17) is 4.74 Å². The van der Waals surface area contributed by atoms with Crippen LogP contribution in [0, 0.1) is 11.8 Å². The molecule has 0 heterocycles. The van der Waals surface area contributed by atoms with E-state index in [0.29, 0.717) is 13.8 Å². The number of aliphatic hydroxyl groups excluding tert-OH is 1. The molecule has 2 rings (SSSR count). The van der Waals surface area contributed by atoms with Gasteiger partial charge >= 0.3 is 165 Å². The third-order valence-electron chi connectivity index (χ3n) is 4.98. The summed E-state index contributed by atoms with van der Waals surface area (Å²) in [6.45, 7) is 6.80. The molecule has 1 unspecified atom stereocenters. The molecule has 2 nitrogen and oxygen atoms in total. The molecule has 0 spiro atoms. The number of hydrogen-bond acceptors (Lipinski definition) is 2. The molecule has 0 fully saturated rings. The molecule has 0 amide bonds. The molecule has 130 valence electrons. The summed E-state index contributed by atoms with van der Waals surface area (Å²) in [6.07, 6.45) is 4.94. The molecule has 0 radical (unpaired) electrons. The van der Waals surface area contributed by atoms with Crippen molar-refractivity contribution in [2.45, 2.75) is 47.9 Å². The molecule has 23 heavy (non-hydrogen) atoms. The summed E-state index contributed by atoms with van der Waals surface area (Å²) < 4.78 is 7.25. The number of fused-ring (bicyclic) bond motifs is 1. The van der Waals surface area contributed by atoms with E-state index in [2.05, 4.69) is 61.6 Å².